The fraction of sp³-hybridized carbons (Fsp3) is 0.933. The Kier molecular flexibility index (Phi) is 4.78. The summed E-state index contributed by atoms with van der Waals surface area (Å²) < 4.78 is 0. The predicted octanol–water partition coefficient (Wildman–Crippen LogP) is 2.19. The lowest BCUT2D eigenvalue weighted by molar-refractivity contribution is 0.133. The van der Waals surface area contributed by atoms with Gasteiger partial charge in [-0.1, -0.05) is 20.8 Å². The Morgan fingerprint density at radius 3 is 2.35 bits per heavy atom. The van der Waals surface area contributed by atoms with Crippen molar-refractivity contribution in [2.45, 2.75) is 58.9 Å². The largest absolute Gasteiger partial charge is 0.316 e. The Morgan fingerprint density at radius 2 is 1.90 bits per heavy atom. The molecule has 0 spiro atoms. The molecule has 1 aromatic rings. The zero-order chi connectivity index (χ0) is 14.8. The van der Waals surface area contributed by atoms with E-state index in [0.717, 1.165) is 24.1 Å². The molecule has 5 heteroatoms. The Balaban J connectivity index is 1.90. The summed E-state index contributed by atoms with van der Waals surface area (Å²) >= 11 is 0. The minimum atomic E-state index is 0.451. The fourth-order valence-electron chi connectivity index (χ4n) is 3.49. The molecule has 114 valence electrons. The summed E-state index contributed by atoms with van der Waals surface area (Å²) in [5.74, 6) is 2.46. The van der Waals surface area contributed by atoms with Crippen molar-refractivity contribution in [3.8, 4) is 0 Å². The number of rotatable bonds is 4. The van der Waals surface area contributed by atoms with Crippen LogP contribution in [0.25, 0.3) is 0 Å². The van der Waals surface area contributed by atoms with Crippen molar-refractivity contribution in [2.75, 3.05) is 7.05 Å². The highest BCUT2D eigenvalue weighted by Crippen LogP contribution is 2.40. The molecule has 1 N–H and O–H groups in total. The molecule has 1 saturated carbocycles. The molecule has 1 fully saturated rings. The number of tetrazole rings is 1. The molecule has 20 heavy (non-hydrogen) atoms. The van der Waals surface area contributed by atoms with Gasteiger partial charge in [-0.3, -0.25) is 0 Å². The average molecular weight is 279 g/mol. The average Bonchev–Trinajstić information content (AvgIpc) is 2.81. The third-order valence-corrected chi connectivity index (χ3v) is 4.89. The summed E-state index contributed by atoms with van der Waals surface area (Å²) in [6.07, 6.45) is 6.21. The highest BCUT2D eigenvalue weighted by atomic mass is 15.6. The van der Waals surface area contributed by atoms with Crippen LogP contribution in [0.4, 0.5) is 0 Å². The molecule has 1 atom stereocenters. The fourth-order valence-corrected chi connectivity index (χ4v) is 3.49. The summed E-state index contributed by atoms with van der Waals surface area (Å²) in [6.45, 7) is 7.12. The highest BCUT2D eigenvalue weighted by molar-refractivity contribution is 4.91. The van der Waals surface area contributed by atoms with Crippen LogP contribution in [0, 0.1) is 17.3 Å². The topological polar surface area (TPSA) is 55.6 Å². The predicted molar refractivity (Wildman–Crippen MR) is 80.3 cm³/mol. The highest BCUT2D eigenvalue weighted by Gasteiger charge is 2.32. The van der Waals surface area contributed by atoms with E-state index in [2.05, 4.69) is 48.5 Å². The Morgan fingerprint density at radius 1 is 1.25 bits per heavy atom. The summed E-state index contributed by atoms with van der Waals surface area (Å²) in [5.41, 5.74) is 0.451. The van der Waals surface area contributed by atoms with Gasteiger partial charge < -0.3 is 5.32 Å². The molecule has 0 aliphatic heterocycles. The van der Waals surface area contributed by atoms with Crippen molar-refractivity contribution in [3.63, 3.8) is 0 Å². The van der Waals surface area contributed by atoms with Crippen LogP contribution in [-0.2, 0) is 13.5 Å². The van der Waals surface area contributed by atoms with Crippen LogP contribution in [0.2, 0.25) is 0 Å². The summed E-state index contributed by atoms with van der Waals surface area (Å²) in [4.78, 5) is 1.54. The number of nitrogens with zero attached hydrogens (tertiary/aromatic N) is 4. The number of aryl methyl sites for hydroxylation is 1. The van der Waals surface area contributed by atoms with E-state index in [4.69, 9.17) is 0 Å². The van der Waals surface area contributed by atoms with Crippen molar-refractivity contribution < 1.29 is 0 Å². The quantitative estimate of drug-likeness (QED) is 0.918. The van der Waals surface area contributed by atoms with Crippen LogP contribution in [0.1, 0.15) is 52.3 Å². The zero-order valence-electron chi connectivity index (χ0n) is 13.6. The Bertz CT molecular complexity index is 412. The van der Waals surface area contributed by atoms with Gasteiger partial charge in [-0.15, -0.1) is 10.2 Å². The number of aromatic nitrogens is 4. The second kappa shape index (κ2) is 6.20. The van der Waals surface area contributed by atoms with Gasteiger partial charge in [0.1, 0.15) is 0 Å². The first kappa shape index (κ1) is 15.4. The maximum absolute atomic E-state index is 4.30. The Hall–Kier alpha value is -0.970. The molecule has 1 aliphatic rings. The molecule has 0 saturated heterocycles. The molecule has 0 bridgehead atoms. The third-order valence-electron chi connectivity index (χ3n) is 4.89. The summed E-state index contributed by atoms with van der Waals surface area (Å²) in [7, 11) is 3.87. The van der Waals surface area contributed by atoms with Crippen molar-refractivity contribution in [1.29, 1.82) is 0 Å². The molecular weight excluding hydrogens is 250 g/mol. The smallest absolute Gasteiger partial charge is 0.176 e. The number of likely N-dealkylation sites (N-methyl/N-ethyl adjacent to an activating group) is 1. The van der Waals surface area contributed by atoms with Crippen molar-refractivity contribution >= 4 is 0 Å². The molecular formula is C15H29N5. The SMILES string of the molecule is CNC(Cc1nnn(C)n1)C1CCC(C(C)(C)C)CC1. The van der Waals surface area contributed by atoms with Gasteiger partial charge in [-0.05, 0) is 55.2 Å². The summed E-state index contributed by atoms with van der Waals surface area (Å²) in [5, 5.41) is 15.8. The molecule has 1 unspecified atom stereocenters. The number of nitrogens with one attached hydrogen (secondary N) is 1. The lowest BCUT2D eigenvalue weighted by atomic mass is 9.68. The van der Waals surface area contributed by atoms with Gasteiger partial charge in [0.15, 0.2) is 5.82 Å². The molecule has 0 aromatic carbocycles. The van der Waals surface area contributed by atoms with Crippen LogP contribution in [-0.4, -0.2) is 33.3 Å². The molecule has 0 radical (unpaired) electrons. The van der Waals surface area contributed by atoms with Crippen LogP contribution >= 0.6 is 0 Å². The third kappa shape index (κ3) is 3.78. The standard InChI is InChI=1S/C15H29N5/c1-15(2,3)12-8-6-11(7-9-12)13(16-4)10-14-17-19-20(5)18-14/h11-13,16H,6-10H2,1-5H3. The van der Waals surface area contributed by atoms with Crippen molar-refractivity contribution in [3.05, 3.63) is 5.82 Å². The number of hydrogen-bond acceptors (Lipinski definition) is 4. The van der Waals surface area contributed by atoms with E-state index in [1.807, 2.05) is 7.05 Å². The second-order valence-corrected chi connectivity index (χ2v) is 7.27. The molecule has 2 rings (SSSR count). The van der Waals surface area contributed by atoms with Gasteiger partial charge in [0, 0.05) is 12.5 Å². The van der Waals surface area contributed by atoms with Crippen molar-refractivity contribution in [1.82, 2.24) is 25.5 Å². The van der Waals surface area contributed by atoms with E-state index in [-0.39, 0.29) is 0 Å². The van der Waals surface area contributed by atoms with Crippen LogP contribution in [0.15, 0.2) is 0 Å². The lowest BCUT2D eigenvalue weighted by Gasteiger charge is -2.39. The van der Waals surface area contributed by atoms with E-state index in [0.29, 0.717) is 11.5 Å². The first-order valence-electron chi connectivity index (χ1n) is 7.80. The van der Waals surface area contributed by atoms with Gasteiger partial charge in [0.2, 0.25) is 0 Å². The van der Waals surface area contributed by atoms with Crippen LogP contribution < -0.4 is 5.32 Å². The Labute approximate surface area is 122 Å². The minimum Gasteiger partial charge on any atom is -0.316 e. The number of hydrogen-bond donors (Lipinski definition) is 1. The summed E-state index contributed by atoms with van der Waals surface area (Å²) in [6, 6.07) is 0.472. The van der Waals surface area contributed by atoms with E-state index >= 15 is 0 Å². The molecule has 1 aromatic heterocycles. The molecule has 1 aliphatic carbocycles. The van der Waals surface area contributed by atoms with Crippen molar-refractivity contribution in [2.24, 2.45) is 24.3 Å². The molecule has 1 heterocycles. The van der Waals surface area contributed by atoms with Gasteiger partial charge >= 0.3 is 0 Å². The van der Waals surface area contributed by atoms with Crippen LogP contribution in [0.5, 0.6) is 0 Å². The van der Waals surface area contributed by atoms with Gasteiger partial charge in [-0.25, -0.2) is 0 Å². The molecule has 0 amide bonds. The van der Waals surface area contributed by atoms with E-state index in [1.165, 1.54) is 25.7 Å². The van der Waals surface area contributed by atoms with E-state index in [1.54, 1.807) is 4.80 Å². The van der Waals surface area contributed by atoms with E-state index < -0.39 is 0 Å². The zero-order valence-corrected chi connectivity index (χ0v) is 13.6. The minimum absolute atomic E-state index is 0.451. The lowest BCUT2D eigenvalue weighted by Crippen LogP contribution is -2.39. The first-order valence-corrected chi connectivity index (χ1v) is 7.80. The maximum atomic E-state index is 4.30. The monoisotopic (exact) mass is 279 g/mol. The van der Waals surface area contributed by atoms with Gasteiger partial charge in [0.25, 0.3) is 0 Å². The van der Waals surface area contributed by atoms with Crippen LogP contribution in [0.3, 0.4) is 0 Å². The normalized spacial score (nSPS) is 25.6. The van der Waals surface area contributed by atoms with E-state index in [9.17, 15) is 0 Å². The van der Waals surface area contributed by atoms with Gasteiger partial charge in [-0.2, -0.15) is 4.80 Å². The second-order valence-electron chi connectivity index (χ2n) is 7.27. The van der Waals surface area contributed by atoms with Gasteiger partial charge in [0.05, 0.1) is 7.05 Å². The molecule has 5 nitrogen and oxygen atoms in total. The maximum Gasteiger partial charge on any atom is 0.176 e. The first-order chi connectivity index (χ1) is 9.40.